The predicted octanol–water partition coefficient (Wildman–Crippen LogP) is 2.74. The van der Waals surface area contributed by atoms with E-state index in [1.165, 1.54) is 6.08 Å². The van der Waals surface area contributed by atoms with Gasteiger partial charge < -0.3 is 0 Å². The number of Topliss-reactive ketones (excluding diaryl/α,β-unsaturated/α-hetero) is 1. The van der Waals surface area contributed by atoms with E-state index in [2.05, 4.69) is 0 Å². The molecular formula is C13H11NO. The van der Waals surface area contributed by atoms with E-state index in [-0.39, 0.29) is 5.78 Å². The van der Waals surface area contributed by atoms with Gasteiger partial charge in [-0.15, -0.1) is 0 Å². The summed E-state index contributed by atoms with van der Waals surface area (Å²) in [7, 11) is 0. The summed E-state index contributed by atoms with van der Waals surface area (Å²) in [6.45, 7) is 0. The van der Waals surface area contributed by atoms with E-state index in [4.69, 9.17) is 5.26 Å². The maximum atomic E-state index is 11.6. The summed E-state index contributed by atoms with van der Waals surface area (Å²) in [5, 5.41) is 8.41. The molecule has 0 heterocycles. The second kappa shape index (κ2) is 4.10. The second-order valence-corrected chi connectivity index (χ2v) is 3.66. The maximum Gasteiger partial charge on any atom is 0.163 e. The minimum absolute atomic E-state index is 0.225. The number of nitrogens with zero attached hydrogens (tertiary/aromatic N) is 1. The molecule has 0 radical (unpaired) electrons. The van der Waals surface area contributed by atoms with Gasteiger partial charge in [0.05, 0.1) is 6.07 Å². The van der Waals surface area contributed by atoms with Crippen molar-refractivity contribution >= 4 is 11.9 Å². The number of nitriles is 1. The van der Waals surface area contributed by atoms with Crippen molar-refractivity contribution in [1.29, 1.82) is 5.26 Å². The Morgan fingerprint density at radius 2 is 2.20 bits per heavy atom. The Kier molecular flexibility index (Phi) is 2.64. The summed E-state index contributed by atoms with van der Waals surface area (Å²) >= 11 is 0. The SMILES string of the molecule is N#CC=Cc1ccc2c(c1)C(=O)CCC2. The Hall–Kier alpha value is -1.88. The molecule has 0 spiro atoms. The maximum absolute atomic E-state index is 11.6. The highest BCUT2D eigenvalue weighted by molar-refractivity contribution is 5.98. The molecule has 74 valence electrons. The average molecular weight is 197 g/mol. The van der Waals surface area contributed by atoms with Gasteiger partial charge in [-0.1, -0.05) is 12.1 Å². The largest absolute Gasteiger partial charge is 0.294 e. The van der Waals surface area contributed by atoms with Crippen LogP contribution in [0, 0.1) is 11.3 Å². The minimum Gasteiger partial charge on any atom is -0.294 e. The van der Waals surface area contributed by atoms with E-state index in [1.54, 1.807) is 6.08 Å². The standard InChI is InChI=1S/C13H11NO/c14-8-2-3-10-6-7-11-4-1-5-13(15)12(11)9-10/h2-3,6-7,9H,1,4-5H2. The Balaban J connectivity index is 2.40. The van der Waals surface area contributed by atoms with Gasteiger partial charge in [0.1, 0.15) is 0 Å². The van der Waals surface area contributed by atoms with E-state index >= 15 is 0 Å². The topological polar surface area (TPSA) is 40.9 Å². The van der Waals surface area contributed by atoms with Gasteiger partial charge in [0.25, 0.3) is 0 Å². The van der Waals surface area contributed by atoms with Gasteiger partial charge >= 0.3 is 0 Å². The van der Waals surface area contributed by atoms with Crippen LogP contribution < -0.4 is 0 Å². The molecule has 2 nitrogen and oxygen atoms in total. The summed E-state index contributed by atoms with van der Waals surface area (Å²) < 4.78 is 0. The summed E-state index contributed by atoms with van der Waals surface area (Å²) in [6, 6.07) is 7.76. The van der Waals surface area contributed by atoms with Crippen LogP contribution in [-0.2, 0) is 6.42 Å². The van der Waals surface area contributed by atoms with Crippen LogP contribution in [0.2, 0.25) is 0 Å². The highest BCUT2D eigenvalue weighted by Crippen LogP contribution is 2.22. The molecular weight excluding hydrogens is 186 g/mol. The van der Waals surface area contributed by atoms with E-state index in [0.717, 1.165) is 29.5 Å². The van der Waals surface area contributed by atoms with Crippen molar-refractivity contribution < 1.29 is 4.79 Å². The molecule has 15 heavy (non-hydrogen) atoms. The molecule has 0 fully saturated rings. The van der Waals surface area contributed by atoms with Gasteiger partial charge in [-0.05, 0) is 36.1 Å². The third-order valence-corrected chi connectivity index (χ3v) is 2.63. The van der Waals surface area contributed by atoms with E-state index in [0.29, 0.717) is 6.42 Å². The highest BCUT2D eigenvalue weighted by atomic mass is 16.1. The number of carbonyl (C=O) groups is 1. The fourth-order valence-electron chi connectivity index (χ4n) is 1.88. The molecule has 1 aromatic carbocycles. The number of hydrogen-bond acceptors (Lipinski definition) is 2. The van der Waals surface area contributed by atoms with Crippen LogP contribution in [-0.4, -0.2) is 5.78 Å². The van der Waals surface area contributed by atoms with Crippen LogP contribution in [0.15, 0.2) is 24.3 Å². The van der Waals surface area contributed by atoms with Crippen molar-refractivity contribution in [2.75, 3.05) is 0 Å². The Morgan fingerprint density at radius 1 is 1.33 bits per heavy atom. The first-order valence-electron chi connectivity index (χ1n) is 5.03. The minimum atomic E-state index is 0.225. The first kappa shape index (κ1) is 9.67. The summed E-state index contributed by atoms with van der Waals surface area (Å²) in [5.74, 6) is 0.225. The molecule has 0 aliphatic heterocycles. The fraction of sp³-hybridized carbons (Fsp3) is 0.231. The molecule has 0 atom stereocenters. The number of allylic oxidation sites excluding steroid dienone is 1. The Morgan fingerprint density at radius 3 is 3.00 bits per heavy atom. The van der Waals surface area contributed by atoms with Crippen LogP contribution in [0.1, 0.15) is 34.3 Å². The number of rotatable bonds is 1. The highest BCUT2D eigenvalue weighted by Gasteiger charge is 2.16. The molecule has 0 amide bonds. The summed E-state index contributed by atoms with van der Waals surface area (Å²) in [5.41, 5.74) is 2.90. The quantitative estimate of drug-likeness (QED) is 0.649. The molecule has 1 aliphatic carbocycles. The van der Waals surface area contributed by atoms with Crippen LogP contribution in [0.3, 0.4) is 0 Å². The second-order valence-electron chi connectivity index (χ2n) is 3.66. The van der Waals surface area contributed by atoms with Gasteiger partial charge in [-0.3, -0.25) is 4.79 Å². The smallest absolute Gasteiger partial charge is 0.163 e. The zero-order valence-electron chi connectivity index (χ0n) is 8.36. The van der Waals surface area contributed by atoms with Gasteiger partial charge in [-0.2, -0.15) is 5.26 Å². The summed E-state index contributed by atoms with van der Waals surface area (Å²) in [4.78, 5) is 11.6. The van der Waals surface area contributed by atoms with E-state index in [9.17, 15) is 4.79 Å². The number of hydrogen-bond donors (Lipinski definition) is 0. The van der Waals surface area contributed by atoms with Crippen LogP contribution >= 0.6 is 0 Å². The number of carbonyl (C=O) groups excluding carboxylic acids is 1. The van der Waals surface area contributed by atoms with Crippen molar-refractivity contribution in [2.24, 2.45) is 0 Å². The molecule has 0 N–H and O–H groups in total. The first-order valence-corrected chi connectivity index (χ1v) is 5.03. The first-order chi connectivity index (χ1) is 7.31. The normalized spacial score (nSPS) is 15.0. The molecule has 2 heteroatoms. The van der Waals surface area contributed by atoms with Gasteiger partial charge in [-0.25, -0.2) is 0 Å². The average Bonchev–Trinajstić information content (AvgIpc) is 2.27. The van der Waals surface area contributed by atoms with Crippen molar-refractivity contribution in [2.45, 2.75) is 19.3 Å². The monoisotopic (exact) mass is 197 g/mol. The van der Waals surface area contributed by atoms with E-state index in [1.807, 2.05) is 24.3 Å². The van der Waals surface area contributed by atoms with Crippen molar-refractivity contribution in [3.8, 4) is 6.07 Å². The zero-order chi connectivity index (χ0) is 10.7. The van der Waals surface area contributed by atoms with Gasteiger partial charge in [0, 0.05) is 18.1 Å². The molecule has 0 saturated carbocycles. The van der Waals surface area contributed by atoms with Crippen molar-refractivity contribution in [3.05, 3.63) is 41.0 Å². The summed E-state index contributed by atoms with van der Waals surface area (Å²) in [6.07, 6.45) is 5.75. The van der Waals surface area contributed by atoms with Gasteiger partial charge in [0.2, 0.25) is 0 Å². The third kappa shape index (κ3) is 1.97. The van der Waals surface area contributed by atoms with Crippen LogP contribution in [0.5, 0.6) is 0 Å². The molecule has 0 saturated heterocycles. The lowest BCUT2D eigenvalue weighted by atomic mass is 9.89. The number of aryl methyl sites for hydroxylation is 1. The molecule has 1 aliphatic rings. The molecule has 1 aromatic rings. The molecule has 0 unspecified atom stereocenters. The van der Waals surface area contributed by atoms with E-state index < -0.39 is 0 Å². The molecule has 2 rings (SSSR count). The lowest BCUT2D eigenvalue weighted by molar-refractivity contribution is 0.0972. The van der Waals surface area contributed by atoms with Crippen LogP contribution in [0.25, 0.3) is 6.08 Å². The number of benzene rings is 1. The predicted molar refractivity (Wildman–Crippen MR) is 58.4 cm³/mol. The number of fused-ring (bicyclic) bond motifs is 1. The van der Waals surface area contributed by atoms with Crippen molar-refractivity contribution in [1.82, 2.24) is 0 Å². The molecule has 0 aromatic heterocycles. The lowest BCUT2D eigenvalue weighted by Gasteiger charge is -2.14. The lowest BCUT2D eigenvalue weighted by Crippen LogP contribution is -2.10. The molecule has 0 bridgehead atoms. The third-order valence-electron chi connectivity index (χ3n) is 2.63. The van der Waals surface area contributed by atoms with Gasteiger partial charge in [0.15, 0.2) is 5.78 Å². The van der Waals surface area contributed by atoms with Crippen LogP contribution in [0.4, 0.5) is 0 Å². The fourth-order valence-corrected chi connectivity index (χ4v) is 1.88. The Bertz CT molecular complexity index is 466. The Labute approximate surface area is 88.8 Å². The zero-order valence-corrected chi connectivity index (χ0v) is 8.36. The van der Waals surface area contributed by atoms with Crippen molar-refractivity contribution in [3.63, 3.8) is 0 Å². The number of ketones is 1.